The van der Waals surface area contributed by atoms with Crippen molar-refractivity contribution in [2.75, 3.05) is 6.79 Å². The quantitative estimate of drug-likeness (QED) is 0.824. The van der Waals surface area contributed by atoms with E-state index in [-0.39, 0.29) is 18.1 Å². The number of Topliss-reactive ketones (excluding diaryl/α,β-unsaturated/α-hetero) is 1. The van der Waals surface area contributed by atoms with Crippen molar-refractivity contribution in [1.82, 2.24) is 4.98 Å². The Labute approximate surface area is 150 Å². The molecular weight excluding hydrogens is 394 g/mol. The summed E-state index contributed by atoms with van der Waals surface area (Å²) in [6.45, 7) is 5.72. The molecule has 126 valence electrons. The van der Waals surface area contributed by atoms with Gasteiger partial charge in [0.05, 0.1) is 9.20 Å². The highest BCUT2D eigenvalue weighted by Gasteiger charge is 2.19. The van der Waals surface area contributed by atoms with Gasteiger partial charge in [0.15, 0.2) is 17.3 Å². The minimum atomic E-state index is -0.481. The molecule has 1 aromatic carbocycles. The molecule has 24 heavy (non-hydrogen) atoms. The molecule has 0 saturated heterocycles. The lowest BCUT2D eigenvalue weighted by molar-refractivity contribution is -0.119. The van der Waals surface area contributed by atoms with Crippen LogP contribution in [0.15, 0.2) is 21.4 Å². The van der Waals surface area contributed by atoms with E-state index in [9.17, 15) is 9.59 Å². The average Bonchev–Trinajstić information content (AvgIpc) is 3.05. The first-order valence-corrected chi connectivity index (χ1v) is 8.91. The number of hydrogen-bond donors (Lipinski definition) is 1. The van der Waals surface area contributed by atoms with Gasteiger partial charge in [-0.2, -0.15) is 0 Å². The van der Waals surface area contributed by atoms with E-state index in [0.29, 0.717) is 20.7 Å². The van der Waals surface area contributed by atoms with Gasteiger partial charge in [0.1, 0.15) is 0 Å². The molecule has 7 heteroatoms. The molecule has 0 atom stereocenters. The molecule has 3 rings (SSSR count). The van der Waals surface area contributed by atoms with Crippen LogP contribution in [0.5, 0.6) is 11.5 Å². The third-order valence-electron chi connectivity index (χ3n) is 3.46. The number of ketones is 1. The number of aromatic amines is 1. The highest BCUT2D eigenvalue weighted by molar-refractivity contribution is 9.10. The van der Waals surface area contributed by atoms with Gasteiger partial charge in [0.25, 0.3) is 5.56 Å². The summed E-state index contributed by atoms with van der Waals surface area (Å²) in [6, 6.07) is 3.63. The van der Waals surface area contributed by atoms with E-state index in [1.54, 1.807) is 6.08 Å². The summed E-state index contributed by atoms with van der Waals surface area (Å²) in [5, 5.41) is 0. The van der Waals surface area contributed by atoms with Gasteiger partial charge in [0, 0.05) is 16.0 Å². The molecule has 1 N–H and O–H groups in total. The van der Waals surface area contributed by atoms with Crippen LogP contribution in [0.4, 0.5) is 0 Å². The number of fused-ring (bicyclic) bond motifs is 1. The van der Waals surface area contributed by atoms with E-state index in [1.807, 2.05) is 32.9 Å². The van der Waals surface area contributed by atoms with Crippen LogP contribution in [-0.2, 0) is 4.79 Å². The van der Waals surface area contributed by atoms with Crippen molar-refractivity contribution in [3.63, 3.8) is 0 Å². The molecule has 0 radical (unpaired) electrons. The van der Waals surface area contributed by atoms with Crippen molar-refractivity contribution in [3.05, 3.63) is 41.7 Å². The van der Waals surface area contributed by atoms with Crippen molar-refractivity contribution in [2.45, 2.75) is 20.8 Å². The van der Waals surface area contributed by atoms with Crippen LogP contribution in [0.2, 0.25) is 0 Å². The van der Waals surface area contributed by atoms with Crippen LogP contribution >= 0.6 is 27.3 Å². The molecule has 0 saturated carbocycles. The number of carbonyl (C=O) groups excluding carboxylic acids is 1. The van der Waals surface area contributed by atoms with Crippen LogP contribution in [0, 0.1) is 5.41 Å². The van der Waals surface area contributed by atoms with Gasteiger partial charge in [-0.1, -0.05) is 36.7 Å². The number of carbonyl (C=O) groups is 1. The minimum absolute atomic E-state index is 0.0317. The number of H-pyrrole nitrogens is 1. The van der Waals surface area contributed by atoms with E-state index in [4.69, 9.17) is 9.47 Å². The first-order chi connectivity index (χ1) is 11.2. The summed E-state index contributed by atoms with van der Waals surface area (Å²) >= 11 is 4.72. The molecule has 1 aliphatic heterocycles. The van der Waals surface area contributed by atoms with Crippen LogP contribution in [0.1, 0.15) is 26.3 Å². The van der Waals surface area contributed by atoms with E-state index in [0.717, 1.165) is 10.0 Å². The monoisotopic (exact) mass is 409 g/mol. The van der Waals surface area contributed by atoms with Crippen molar-refractivity contribution in [1.29, 1.82) is 0 Å². The van der Waals surface area contributed by atoms with Gasteiger partial charge >= 0.3 is 0 Å². The van der Waals surface area contributed by atoms with Gasteiger partial charge in [-0.15, -0.1) is 11.3 Å². The SMILES string of the molecule is CC(C)(C)C(=O)/C=c1\[nH]c(=O)/c(=C\c2cc3c(cc2Br)OCO3)s1. The van der Waals surface area contributed by atoms with Gasteiger partial charge in [-0.05, 0) is 23.8 Å². The summed E-state index contributed by atoms with van der Waals surface area (Å²) in [5.41, 5.74) is 0.100. The van der Waals surface area contributed by atoms with Gasteiger partial charge < -0.3 is 14.5 Å². The Kier molecular flexibility index (Phi) is 4.40. The van der Waals surface area contributed by atoms with E-state index < -0.39 is 5.41 Å². The number of benzene rings is 1. The zero-order valence-corrected chi connectivity index (χ0v) is 15.8. The molecule has 1 aliphatic rings. The molecule has 2 aromatic rings. The zero-order chi connectivity index (χ0) is 17.5. The smallest absolute Gasteiger partial charge is 0.266 e. The molecule has 2 heterocycles. The second kappa shape index (κ2) is 6.22. The van der Waals surface area contributed by atoms with E-state index in [1.165, 1.54) is 17.4 Å². The lowest BCUT2D eigenvalue weighted by Gasteiger charge is -2.12. The molecule has 0 fully saturated rings. The maximum atomic E-state index is 12.1. The van der Waals surface area contributed by atoms with Crippen molar-refractivity contribution >= 4 is 45.2 Å². The van der Waals surface area contributed by atoms with Crippen LogP contribution in [0.25, 0.3) is 12.2 Å². The van der Waals surface area contributed by atoms with Crippen molar-refractivity contribution in [2.24, 2.45) is 5.41 Å². The summed E-state index contributed by atoms with van der Waals surface area (Å²) in [7, 11) is 0. The number of thiazole rings is 1. The minimum Gasteiger partial charge on any atom is -0.454 e. The van der Waals surface area contributed by atoms with E-state index >= 15 is 0 Å². The fraction of sp³-hybridized carbons (Fsp3) is 0.294. The summed E-state index contributed by atoms with van der Waals surface area (Å²) < 4.78 is 12.5. The molecule has 5 nitrogen and oxygen atoms in total. The van der Waals surface area contributed by atoms with Crippen LogP contribution in [-0.4, -0.2) is 17.6 Å². The highest BCUT2D eigenvalue weighted by atomic mass is 79.9. The third-order valence-corrected chi connectivity index (χ3v) is 5.11. The lowest BCUT2D eigenvalue weighted by Crippen LogP contribution is -2.22. The van der Waals surface area contributed by atoms with Crippen LogP contribution < -0.4 is 24.2 Å². The Bertz CT molecular complexity index is 981. The Morgan fingerprint density at radius 3 is 2.62 bits per heavy atom. The van der Waals surface area contributed by atoms with Crippen LogP contribution in [0.3, 0.4) is 0 Å². The maximum absolute atomic E-state index is 12.1. The molecule has 0 aliphatic carbocycles. The summed E-state index contributed by atoms with van der Waals surface area (Å²) in [5.74, 6) is 1.28. The second-order valence-corrected chi connectivity index (χ2v) is 8.35. The highest BCUT2D eigenvalue weighted by Crippen LogP contribution is 2.37. The summed E-state index contributed by atoms with van der Waals surface area (Å²) in [4.78, 5) is 26.9. The zero-order valence-electron chi connectivity index (χ0n) is 13.4. The predicted molar refractivity (Wildman–Crippen MR) is 96.9 cm³/mol. The molecule has 1 aromatic heterocycles. The lowest BCUT2D eigenvalue weighted by atomic mass is 9.91. The Hall–Kier alpha value is -1.86. The number of rotatable bonds is 2. The number of aromatic nitrogens is 1. The first kappa shape index (κ1) is 17.0. The second-order valence-electron chi connectivity index (χ2n) is 6.41. The number of halogens is 1. The summed E-state index contributed by atoms with van der Waals surface area (Å²) in [6.07, 6.45) is 3.24. The van der Waals surface area contributed by atoms with Crippen molar-refractivity contribution in [3.8, 4) is 11.5 Å². The number of hydrogen-bond acceptors (Lipinski definition) is 5. The van der Waals surface area contributed by atoms with Gasteiger partial charge in [-0.3, -0.25) is 9.59 Å². The first-order valence-electron chi connectivity index (χ1n) is 7.30. The van der Waals surface area contributed by atoms with Gasteiger partial charge in [-0.25, -0.2) is 0 Å². The molecule has 0 bridgehead atoms. The molecule has 0 unspecified atom stereocenters. The molecule has 0 amide bonds. The fourth-order valence-corrected chi connectivity index (χ4v) is 3.36. The average molecular weight is 410 g/mol. The standard InChI is InChI=1S/C17H16BrNO4S/c1-17(2,3)14(20)7-15-19-16(21)13(24-15)5-9-4-11-12(6-10(9)18)23-8-22-11/h4-7H,8H2,1-3H3,(H,19,21)/b13-5+,15-7+. The number of nitrogens with one attached hydrogen (secondary N) is 1. The normalized spacial score (nSPS) is 15.2. The topological polar surface area (TPSA) is 68.4 Å². The molecular formula is C17H16BrNO4S. The Balaban J connectivity index is 2.05. The molecule has 0 spiro atoms. The van der Waals surface area contributed by atoms with Gasteiger partial charge in [0.2, 0.25) is 6.79 Å². The largest absolute Gasteiger partial charge is 0.454 e. The predicted octanol–water partition coefficient (Wildman–Crippen LogP) is 2.15. The maximum Gasteiger partial charge on any atom is 0.266 e. The fourth-order valence-electron chi connectivity index (χ4n) is 2.04. The third kappa shape index (κ3) is 3.47. The van der Waals surface area contributed by atoms with Crippen molar-refractivity contribution < 1.29 is 14.3 Å². The Morgan fingerprint density at radius 2 is 1.96 bits per heavy atom. The van der Waals surface area contributed by atoms with E-state index in [2.05, 4.69) is 20.9 Å². The Morgan fingerprint density at radius 1 is 1.29 bits per heavy atom. The number of ether oxygens (including phenoxy) is 2.